The Morgan fingerprint density at radius 3 is 1.75 bits per heavy atom. The summed E-state index contributed by atoms with van der Waals surface area (Å²) in [7, 11) is -4.81. The van der Waals surface area contributed by atoms with E-state index in [2.05, 4.69) is 4.73 Å². The monoisotopic (exact) mass is 172 g/mol. The first-order valence-corrected chi connectivity index (χ1v) is 2.45. The zero-order chi connectivity index (χ0) is 5.21. The summed E-state index contributed by atoms with van der Waals surface area (Å²) in [4.78, 5) is 14.7. The molecule has 0 saturated carbocycles. The van der Waals surface area contributed by atoms with Gasteiger partial charge < -0.3 is 11.2 Å². The Morgan fingerprint density at radius 1 is 1.62 bits per heavy atom. The van der Waals surface area contributed by atoms with Crippen molar-refractivity contribution in [3.05, 3.63) is 0 Å². The summed E-state index contributed by atoms with van der Waals surface area (Å²) in [6, 6.07) is 0. The van der Waals surface area contributed by atoms with E-state index in [0.29, 0.717) is 0 Å². The number of halogens is 1. The molecule has 0 aromatic rings. The molecule has 44 valence electrons. The minimum atomic E-state index is -4.81. The summed E-state index contributed by atoms with van der Waals surface area (Å²) in [5.41, 5.74) is 0. The Kier molecular flexibility index (Phi) is 13.1. The molecule has 0 aliphatic heterocycles. The molecule has 0 bridgehead atoms. The van der Waals surface area contributed by atoms with Gasteiger partial charge in [-0.3, -0.25) is 0 Å². The normalized spacial score (nSPS) is 8.88. The van der Waals surface area contributed by atoms with E-state index in [1.165, 1.54) is 0 Å². The van der Waals surface area contributed by atoms with Crippen molar-refractivity contribution < 1.29 is 65.6 Å². The summed E-state index contributed by atoms with van der Waals surface area (Å²) in [5, 5.41) is 0. The van der Waals surface area contributed by atoms with Crippen molar-refractivity contribution in [1.82, 2.24) is 0 Å². The molecule has 0 amide bonds. The van der Waals surface area contributed by atoms with Crippen LogP contribution in [0.25, 0.3) is 0 Å². The molecule has 0 rings (SSSR count). The molecule has 0 radical (unpaired) electrons. The average molecular weight is 172 g/mol. The van der Waals surface area contributed by atoms with Gasteiger partial charge in [0, 0.05) is 21.7 Å². The number of hydrogen-bond acceptors (Lipinski definition) is 2. The second-order valence-electron chi connectivity index (χ2n) is 0.560. The maximum absolute atomic E-state index is 10.2. The average Bonchev–Trinajstić information content (AvgIpc) is 1.35. The van der Waals surface area contributed by atoms with Crippen LogP contribution < -0.4 is 18.9 Å². The van der Waals surface area contributed by atoms with Gasteiger partial charge in [-0.2, -0.15) is 0 Å². The number of phosphoric acid groups is 1. The van der Waals surface area contributed by atoms with E-state index in [9.17, 15) is 4.53 Å². The van der Waals surface area contributed by atoms with Gasteiger partial charge in [-0.1, -0.05) is 4.73 Å². The Balaban J connectivity index is -0.0000000417. The summed E-state index contributed by atoms with van der Waals surface area (Å²) in [6.07, 6.45) is 0. The third-order valence-corrected chi connectivity index (χ3v) is 0.270. The van der Waals surface area contributed by atoms with Crippen molar-refractivity contribution in [3.8, 4) is 0 Å². The molecule has 0 spiro atoms. The predicted molar refractivity (Wildman–Crippen MR) is 15.3 cm³/mol. The van der Waals surface area contributed by atoms with Crippen LogP contribution in [0.5, 0.6) is 0 Å². The van der Waals surface area contributed by atoms with Gasteiger partial charge in [0.1, 0.15) is 0 Å². The quantitative estimate of drug-likeness (QED) is 0.328. The third kappa shape index (κ3) is 15.7. The van der Waals surface area contributed by atoms with Crippen molar-refractivity contribution in [2.24, 2.45) is 0 Å². The standard InChI is InChI=1S/FH2O4P.Li.Ti.H/c1-5-6(2,3)4;;;/h(H2,2,3,4);;;/q;+1;;-1. The molecule has 0 aliphatic rings. The van der Waals surface area contributed by atoms with Crippen LogP contribution in [0.1, 0.15) is 1.43 Å². The number of hydrogen-bond donors (Lipinski definition) is 2. The van der Waals surface area contributed by atoms with Crippen LogP contribution in [-0.4, -0.2) is 9.79 Å². The maximum atomic E-state index is 10.2. The van der Waals surface area contributed by atoms with Crippen LogP contribution >= 0.6 is 7.82 Å². The third-order valence-electron chi connectivity index (χ3n) is 0.0899. The van der Waals surface area contributed by atoms with Crippen molar-refractivity contribution >= 4 is 7.82 Å². The molecule has 2 N–H and O–H groups in total. The molecule has 8 heteroatoms. The molecule has 0 atom stereocenters. The maximum Gasteiger partial charge on any atom is 1.00 e. The topological polar surface area (TPSA) is 66.8 Å². The Hall–Kier alpha value is 1.35. The SMILES string of the molecule is O=P(O)(O)OF.[H-].[Li+].[Ti]. The zero-order valence-corrected chi connectivity index (χ0v) is 6.49. The summed E-state index contributed by atoms with van der Waals surface area (Å²) in [6.45, 7) is 0. The van der Waals surface area contributed by atoms with Crippen LogP contribution in [0.4, 0.5) is 4.53 Å². The fraction of sp³-hybridized carbons (Fsp3) is 0. The Bertz CT molecular complexity index is 84.6. The van der Waals surface area contributed by atoms with Crippen LogP contribution in [0, 0.1) is 0 Å². The zero-order valence-electron chi connectivity index (χ0n) is 5.04. The van der Waals surface area contributed by atoms with E-state index in [4.69, 9.17) is 14.4 Å². The molecule has 0 aromatic heterocycles. The largest absolute Gasteiger partial charge is 1.00 e. The molecule has 0 heterocycles. The van der Waals surface area contributed by atoms with Gasteiger partial charge in [0.25, 0.3) is 0 Å². The van der Waals surface area contributed by atoms with E-state index < -0.39 is 7.82 Å². The van der Waals surface area contributed by atoms with Crippen molar-refractivity contribution in [2.75, 3.05) is 0 Å². The van der Waals surface area contributed by atoms with E-state index in [-0.39, 0.29) is 42.0 Å². The Morgan fingerprint density at radius 2 is 1.75 bits per heavy atom. The first kappa shape index (κ1) is 16.2. The molecular formula is H3FLiO4PTi. The van der Waals surface area contributed by atoms with Gasteiger partial charge in [-0.05, 0) is 4.53 Å². The van der Waals surface area contributed by atoms with Gasteiger partial charge in [-0.15, -0.1) is 0 Å². The van der Waals surface area contributed by atoms with Crippen molar-refractivity contribution in [2.45, 2.75) is 0 Å². The van der Waals surface area contributed by atoms with Crippen LogP contribution in [0.2, 0.25) is 0 Å². The summed E-state index contributed by atoms with van der Waals surface area (Å²) in [5.74, 6) is 0. The second kappa shape index (κ2) is 6.47. The molecule has 0 fully saturated rings. The summed E-state index contributed by atoms with van der Waals surface area (Å²) < 4.78 is 21.4. The minimum Gasteiger partial charge on any atom is -1.00 e. The first-order valence-electron chi connectivity index (χ1n) is 0.919. The van der Waals surface area contributed by atoms with Gasteiger partial charge in [0.15, 0.2) is 0 Å². The molecule has 0 aromatic carbocycles. The summed E-state index contributed by atoms with van der Waals surface area (Å²) >= 11 is 0. The first-order chi connectivity index (χ1) is 2.56. The van der Waals surface area contributed by atoms with Crippen molar-refractivity contribution in [1.29, 1.82) is 0 Å². The molecule has 8 heavy (non-hydrogen) atoms. The van der Waals surface area contributed by atoms with Crippen molar-refractivity contribution in [3.63, 3.8) is 0 Å². The molecule has 0 saturated heterocycles. The molecule has 0 unspecified atom stereocenters. The van der Waals surface area contributed by atoms with Gasteiger partial charge >= 0.3 is 26.7 Å². The van der Waals surface area contributed by atoms with Crippen LogP contribution in [0.15, 0.2) is 0 Å². The molecular weight excluding hydrogens is 169 g/mol. The smallest absolute Gasteiger partial charge is 1.00 e. The molecule has 0 aliphatic carbocycles. The van der Waals surface area contributed by atoms with Crippen LogP contribution in [0.3, 0.4) is 0 Å². The number of rotatable bonds is 1. The second-order valence-corrected chi connectivity index (χ2v) is 1.68. The van der Waals surface area contributed by atoms with Gasteiger partial charge in [0.05, 0.1) is 0 Å². The predicted octanol–water partition coefficient (Wildman–Crippen LogP) is -2.91. The van der Waals surface area contributed by atoms with Gasteiger partial charge in [-0.25, -0.2) is 4.57 Å². The van der Waals surface area contributed by atoms with E-state index in [0.717, 1.165) is 0 Å². The molecule has 4 nitrogen and oxygen atoms in total. The fourth-order valence-electron chi connectivity index (χ4n) is 0. The van der Waals surface area contributed by atoms with E-state index in [1.807, 2.05) is 0 Å². The van der Waals surface area contributed by atoms with Gasteiger partial charge in [0.2, 0.25) is 0 Å². The fourth-order valence-corrected chi connectivity index (χ4v) is 0. The van der Waals surface area contributed by atoms with E-state index in [1.54, 1.807) is 0 Å². The van der Waals surface area contributed by atoms with E-state index >= 15 is 0 Å². The van der Waals surface area contributed by atoms with Crippen LogP contribution in [-0.2, 0) is 31.0 Å². The Labute approximate surface area is 73.5 Å². The minimum absolute atomic E-state index is 0.